The number of piperazine rings is 1. The molecule has 0 spiro atoms. The lowest BCUT2D eigenvalue weighted by molar-refractivity contribution is 0.0698. The van der Waals surface area contributed by atoms with Gasteiger partial charge in [0.15, 0.2) is 0 Å². The van der Waals surface area contributed by atoms with Gasteiger partial charge in [0.05, 0.1) is 5.56 Å². The smallest absolute Gasteiger partial charge is 0.338 e. The van der Waals surface area contributed by atoms with Crippen LogP contribution in [0.1, 0.15) is 10.4 Å². The molecule has 0 radical (unpaired) electrons. The topological polar surface area (TPSA) is 84.9 Å². The van der Waals surface area contributed by atoms with E-state index >= 15 is 0 Å². The predicted octanol–water partition coefficient (Wildman–Crippen LogP) is 0.814. The Morgan fingerprint density at radius 3 is 2.90 bits per heavy atom. The van der Waals surface area contributed by atoms with Crippen LogP contribution in [0.25, 0.3) is 0 Å². The lowest BCUT2D eigenvalue weighted by Crippen LogP contribution is -2.54. The summed E-state index contributed by atoms with van der Waals surface area (Å²) in [5.41, 5.74) is 0.115. The maximum absolute atomic E-state index is 11.9. The van der Waals surface area contributed by atoms with E-state index < -0.39 is 5.97 Å². The van der Waals surface area contributed by atoms with Gasteiger partial charge in [0.25, 0.3) is 0 Å². The van der Waals surface area contributed by atoms with E-state index in [9.17, 15) is 9.59 Å². The summed E-state index contributed by atoms with van der Waals surface area (Å²) < 4.78 is 0. The molecule has 1 aliphatic heterocycles. The number of nitrogens with one attached hydrogen (secondary N) is 2. The third kappa shape index (κ3) is 4.16. The zero-order valence-corrected chi connectivity index (χ0v) is 12.9. The van der Waals surface area contributed by atoms with Crippen molar-refractivity contribution in [2.24, 2.45) is 0 Å². The number of carboxylic acids is 1. The number of anilines is 1. The number of carbonyl (C=O) groups is 2. The van der Waals surface area contributed by atoms with Crippen LogP contribution in [-0.4, -0.2) is 73.2 Å². The maximum atomic E-state index is 11.9. The molecule has 0 aliphatic carbocycles. The van der Waals surface area contributed by atoms with E-state index in [1.807, 2.05) is 7.05 Å². The van der Waals surface area contributed by atoms with Crippen molar-refractivity contribution in [1.82, 2.24) is 15.1 Å². The van der Waals surface area contributed by atoms with E-state index in [-0.39, 0.29) is 17.6 Å². The minimum atomic E-state index is -1.04. The van der Waals surface area contributed by atoms with Gasteiger partial charge in [-0.25, -0.2) is 9.59 Å². The quantitative estimate of drug-likeness (QED) is 0.766. The van der Waals surface area contributed by atoms with E-state index in [0.29, 0.717) is 11.5 Å². The van der Waals surface area contributed by atoms with Crippen LogP contribution in [0.4, 0.5) is 9.80 Å². The maximum Gasteiger partial charge on any atom is 0.338 e. The zero-order chi connectivity index (χ0) is 15.4. The molecule has 1 atom stereocenters. The molecule has 1 fully saturated rings. The molecule has 116 valence electrons. The van der Waals surface area contributed by atoms with E-state index in [1.54, 1.807) is 5.38 Å². The predicted molar refractivity (Wildman–Crippen MR) is 82.2 cm³/mol. The molecule has 3 N–H and O–H groups in total. The molecule has 1 unspecified atom stereocenters. The largest absolute Gasteiger partial charge is 0.478 e. The van der Waals surface area contributed by atoms with Crippen LogP contribution >= 0.6 is 11.3 Å². The lowest BCUT2D eigenvalue weighted by Gasteiger charge is -2.37. The Morgan fingerprint density at radius 1 is 1.43 bits per heavy atom. The second-order valence-corrected chi connectivity index (χ2v) is 6.12. The van der Waals surface area contributed by atoms with E-state index in [0.717, 1.165) is 19.6 Å². The van der Waals surface area contributed by atoms with Crippen LogP contribution < -0.4 is 10.6 Å². The number of rotatable bonds is 4. The van der Waals surface area contributed by atoms with Gasteiger partial charge in [0.1, 0.15) is 5.00 Å². The first-order valence-electron chi connectivity index (χ1n) is 6.72. The van der Waals surface area contributed by atoms with Gasteiger partial charge in [0.2, 0.25) is 0 Å². The average molecular weight is 312 g/mol. The number of aromatic carboxylic acids is 1. The van der Waals surface area contributed by atoms with Crippen molar-refractivity contribution in [3.63, 3.8) is 0 Å². The minimum absolute atomic E-state index is 0.115. The zero-order valence-electron chi connectivity index (χ0n) is 12.1. The number of carbonyl (C=O) groups excluding carboxylic acids is 1. The van der Waals surface area contributed by atoms with Gasteiger partial charge < -0.3 is 15.3 Å². The summed E-state index contributed by atoms with van der Waals surface area (Å²) in [7, 11) is 4.10. The third-order valence-corrected chi connectivity index (χ3v) is 4.43. The van der Waals surface area contributed by atoms with Crippen LogP contribution in [-0.2, 0) is 0 Å². The Bertz CT molecular complexity index is 519. The van der Waals surface area contributed by atoms with Crippen LogP contribution in [0.15, 0.2) is 11.4 Å². The fourth-order valence-corrected chi connectivity index (χ4v) is 3.03. The third-order valence-electron chi connectivity index (χ3n) is 3.60. The van der Waals surface area contributed by atoms with Gasteiger partial charge in [-0.05, 0) is 25.5 Å². The van der Waals surface area contributed by atoms with Crippen molar-refractivity contribution in [2.75, 3.05) is 45.6 Å². The van der Waals surface area contributed by atoms with Gasteiger partial charge >= 0.3 is 12.0 Å². The summed E-state index contributed by atoms with van der Waals surface area (Å²) in [6.07, 6.45) is 0. The van der Waals surface area contributed by atoms with Crippen molar-refractivity contribution in [3.8, 4) is 0 Å². The standard InChI is InChI=1S/C13H20N4O3S/c1-16-4-5-17(2)9(8-16)7-14-13(20)15-11-10(12(18)19)3-6-21-11/h3,6,9H,4-5,7-8H2,1-2H3,(H,18,19)(H2,14,15,20). The number of likely N-dealkylation sites (N-methyl/N-ethyl adjacent to an activating group) is 2. The Balaban J connectivity index is 1.84. The normalized spacial score (nSPS) is 20.2. The molecule has 1 aliphatic rings. The number of carboxylic acid groups (broad SMARTS) is 1. The van der Waals surface area contributed by atoms with Gasteiger partial charge in [0, 0.05) is 32.2 Å². The number of nitrogens with zero attached hydrogens (tertiary/aromatic N) is 2. The molecular weight excluding hydrogens is 292 g/mol. The molecule has 7 nitrogen and oxygen atoms in total. The minimum Gasteiger partial charge on any atom is -0.478 e. The van der Waals surface area contributed by atoms with Gasteiger partial charge in [-0.3, -0.25) is 10.2 Å². The summed E-state index contributed by atoms with van der Waals surface area (Å²) in [5, 5.41) is 16.4. The van der Waals surface area contributed by atoms with E-state index in [1.165, 1.54) is 17.4 Å². The number of hydrogen-bond donors (Lipinski definition) is 3. The fraction of sp³-hybridized carbons (Fsp3) is 0.538. The molecule has 1 aromatic rings. The Labute approximate surface area is 127 Å². The number of urea groups is 1. The second-order valence-electron chi connectivity index (χ2n) is 5.20. The molecule has 0 aromatic carbocycles. The molecule has 0 saturated carbocycles. The van der Waals surface area contributed by atoms with Crippen LogP contribution in [0, 0.1) is 0 Å². The molecule has 2 heterocycles. The summed E-state index contributed by atoms with van der Waals surface area (Å²) in [6.45, 7) is 3.42. The average Bonchev–Trinajstić information content (AvgIpc) is 2.88. The highest BCUT2D eigenvalue weighted by Gasteiger charge is 2.22. The van der Waals surface area contributed by atoms with E-state index in [4.69, 9.17) is 5.11 Å². The van der Waals surface area contributed by atoms with Crippen molar-refractivity contribution in [1.29, 1.82) is 0 Å². The highest BCUT2D eigenvalue weighted by molar-refractivity contribution is 7.14. The first kappa shape index (κ1) is 15.7. The summed E-state index contributed by atoms with van der Waals surface area (Å²) in [6, 6.07) is 1.37. The molecule has 8 heteroatoms. The van der Waals surface area contributed by atoms with Gasteiger partial charge in [-0.15, -0.1) is 11.3 Å². The molecule has 21 heavy (non-hydrogen) atoms. The molecule has 2 amide bonds. The summed E-state index contributed by atoms with van der Waals surface area (Å²) >= 11 is 1.20. The monoisotopic (exact) mass is 312 g/mol. The first-order valence-corrected chi connectivity index (χ1v) is 7.59. The van der Waals surface area contributed by atoms with Crippen LogP contribution in [0.5, 0.6) is 0 Å². The number of amides is 2. The van der Waals surface area contributed by atoms with Crippen LogP contribution in [0.2, 0.25) is 0 Å². The van der Waals surface area contributed by atoms with Gasteiger partial charge in [-0.2, -0.15) is 0 Å². The molecule has 1 saturated heterocycles. The highest BCUT2D eigenvalue weighted by atomic mass is 32.1. The molecule has 0 bridgehead atoms. The fourth-order valence-electron chi connectivity index (χ4n) is 2.25. The first-order chi connectivity index (χ1) is 9.97. The Kier molecular flexibility index (Phi) is 5.16. The number of hydrogen-bond acceptors (Lipinski definition) is 5. The molecular formula is C13H20N4O3S. The van der Waals surface area contributed by atoms with Crippen molar-refractivity contribution < 1.29 is 14.7 Å². The Hall–Kier alpha value is -1.64. The van der Waals surface area contributed by atoms with E-state index in [2.05, 4.69) is 27.5 Å². The molecule has 2 rings (SSSR count). The summed E-state index contributed by atoms with van der Waals surface area (Å²) in [4.78, 5) is 27.3. The second kappa shape index (κ2) is 6.88. The van der Waals surface area contributed by atoms with Gasteiger partial charge in [-0.1, -0.05) is 0 Å². The summed E-state index contributed by atoms with van der Waals surface area (Å²) in [5.74, 6) is -1.04. The van der Waals surface area contributed by atoms with Crippen molar-refractivity contribution in [3.05, 3.63) is 17.0 Å². The van der Waals surface area contributed by atoms with Crippen LogP contribution in [0.3, 0.4) is 0 Å². The number of thiophene rings is 1. The molecule has 1 aromatic heterocycles. The van der Waals surface area contributed by atoms with Crippen molar-refractivity contribution in [2.45, 2.75) is 6.04 Å². The lowest BCUT2D eigenvalue weighted by atomic mass is 10.2. The Morgan fingerprint density at radius 2 is 2.19 bits per heavy atom. The highest BCUT2D eigenvalue weighted by Crippen LogP contribution is 2.22. The van der Waals surface area contributed by atoms with Crippen molar-refractivity contribution >= 4 is 28.3 Å². The SMILES string of the molecule is CN1CCN(C)C(CNC(=O)Nc2sccc2C(=O)O)C1.